The summed E-state index contributed by atoms with van der Waals surface area (Å²) in [6.07, 6.45) is -4.50. The molecule has 1 saturated carbocycles. The van der Waals surface area contributed by atoms with Crippen LogP contribution in [0, 0.1) is 16.0 Å². The Morgan fingerprint density at radius 1 is 1.17 bits per heavy atom. The van der Waals surface area contributed by atoms with Crippen LogP contribution in [0.15, 0.2) is 24.3 Å². The first-order chi connectivity index (χ1) is 13.6. The summed E-state index contributed by atoms with van der Waals surface area (Å²) in [5, 5.41) is 13.3. The highest BCUT2D eigenvalue weighted by atomic mass is 19.4. The molecule has 29 heavy (non-hydrogen) atoms. The van der Waals surface area contributed by atoms with Gasteiger partial charge in [-0.25, -0.2) is 0 Å². The first kappa shape index (κ1) is 20.8. The van der Waals surface area contributed by atoms with E-state index in [1.54, 1.807) is 4.90 Å². The lowest BCUT2D eigenvalue weighted by Crippen LogP contribution is -2.51. The summed E-state index contributed by atoms with van der Waals surface area (Å²) in [4.78, 5) is 38.0. The number of amides is 2. The van der Waals surface area contributed by atoms with Crippen LogP contribution >= 0.6 is 0 Å². The van der Waals surface area contributed by atoms with Gasteiger partial charge in [-0.2, -0.15) is 0 Å². The zero-order chi connectivity index (χ0) is 21.2. The molecule has 2 amide bonds. The van der Waals surface area contributed by atoms with Crippen molar-refractivity contribution in [3.8, 4) is 5.75 Å². The van der Waals surface area contributed by atoms with Gasteiger partial charge in [0.25, 0.3) is 0 Å². The molecule has 1 N–H and O–H groups in total. The van der Waals surface area contributed by atoms with Crippen LogP contribution in [0.5, 0.6) is 5.75 Å². The predicted molar refractivity (Wildman–Crippen MR) is 93.7 cm³/mol. The number of nitrogens with zero attached hydrogens (tertiary/aromatic N) is 3. The molecule has 0 radical (unpaired) electrons. The second-order valence-corrected chi connectivity index (χ2v) is 6.92. The molecule has 0 aromatic heterocycles. The largest absolute Gasteiger partial charge is 0.573 e. The smallest absolute Gasteiger partial charge is 0.406 e. The van der Waals surface area contributed by atoms with E-state index in [1.165, 1.54) is 12.1 Å². The Labute approximate surface area is 163 Å². The molecule has 1 aromatic carbocycles. The fraction of sp³-hybridized carbons (Fsp3) is 0.529. The SMILES string of the molecule is O=C(CN1CCN(C(=O)[C@H]2C[C@@H]2[N+](=O)[O-])CC1)Nc1ccc(OC(F)(F)F)cc1. The first-order valence-corrected chi connectivity index (χ1v) is 8.92. The van der Waals surface area contributed by atoms with E-state index in [0.717, 1.165) is 12.1 Å². The van der Waals surface area contributed by atoms with Gasteiger partial charge in [-0.1, -0.05) is 0 Å². The van der Waals surface area contributed by atoms with E-state index in [1.807, 2.05) is 4.90 Å². The molecule has 1 heterocycles. The number of anilines is 1. The molecule has 0 bridgehead atoms. The highest BCUT2D eigenvalue weighted by Gasteiger charge is 2.54. The third kappa shape index (κ3) is 5.79. The molecule has 9 nitrogen and oxygen atoms in total. The zero-order valence-corrected chi connectivity index (χ0v) is 15.2. The number of benzene rings is 1. The van der Waals surface area contributed by atoms with Gasteiger partial charge in [-0.05, 0) is 24.3 Å². The van der Waals surface area contributed by atoms with Crippen molar-refractivity contribution in [2.75, 3.05) is 38.0 Å². The number of piperazine rings is 1. The van der Waals surface area contributed by atoms with Crippen molar-refractivity contribution in [1.29, 1.82) is 0 Å². The third-order valence-electron chi connectivity index (χ3n) is 4.77. The fourth-order valence-corrected chi connectivity index (χ4v) is 3.18. The van der Waals surface area contributed by atoms with E-state index in [-0.39, 0.29) is 30.5 Å². The number of alkyl halides is 3. The number of halogens is 3. The van der Waals surface area contributed by atoms with Crippen LogP contribution in [-0.4, -0.2) is 71.7 Å². The second-order valence-electron chi connectivity index (χ2n) is 6.92. The van der Waals surface area contributed by atoms with Crippen molar-refractivity contribution in [3.05, 3.63) is 34.4 Å². The molecule has 1 aliphatic heterocycles. The summed E-state index contributed by atoms with van der Waals surface area (Å²) in [7, 11) is 0. The molecule has 0 spiro atoms. The van der Waals surface area contributed by atoms with Crippen LogP contribution in [0.1, 0.15) is 6.42 Å². The molecule has 1 aromatic rings. The maximum absolute atomic E-state index is 12.2. The molecular weight excluding hydrogens is 397 g/mol. The minimum Gasteiger partial charge on any atom is -0.406 e. The second kappa shape index (κ2) is 8.23. The minimum atomic E-state index is -4.78. The van der Waals surface area contributed by atoms with E-state index >= 15 is 0 Å². The first-order valence-electron chi connectivity index (χ1n) is 8.92. The Balaban J connectivity index is 1.41. The molecule has 0 unspecified atom stereocenters. The summed E-state index contributed by atoms with van der Waals surface area (Å²) in [5.41, 5.74) is 0.331. The number of ether oxygens (including phenoxy) is 1. The number of carbonyl (C=O) groups excluding carboxylic acids is 2. The summed E-state index contributed by atoms with van der Waals surface area (Å²) in [5.74, 6) is -1.47. The lowest BCUT2D eigenvalue weighted by Gasteiger charge is -2.34. The predicted octanol–water partition coefficient (Wildman–Crippen LogP) is 1.33. The monoisotopic (exact) mass is 416 g/mol. The summed E-state index contributed by atoms with van der Waals surface area (Å²) < 4.78 is 40.2. The normalized spacial score (nSPS) is 22.1. The average molecular weight is 416 g/mol. The lowest BCUT2D eigenvalue weighted by molar-refractivity contribution is -0.497. The van der Waals surface area contributed by atoms with Crippen LogP contribution in [-0.2, 0) is 9.59 Å². The van der Waals surface area contributed by atoms with Crippen molar-refractivity contribution in [3.63, 3.8) is 0 Å². The number of nitrogens with one attached hydrogen (secondary N) is 1. The molecule has 158 valence electrons. The highest BCUT2D eigenvalue weighted by molar-refractivity contribution is 5.92. The molecule has 12 heteroatoms. The quantitative estimate of drug-likeness (QED) is 0.554. The van der Waals surface area contributed by atoms with Gasteiger partial charge in [0, 0.05) is 43.2 Å². The Kier molecular flexibility index (Phi) is 5.91. The highest BCUT2D eigenvalue weighted by Crippen LogP contribution is 2.35. The molecule has 3 rings (SSSR count). The Morgan fingerprint density at radius 2 is 1.79 bits per heavy atom. The van der Waals surface area contributed by atoms with E-state index in [9.17, 15) is 32.9 Å². The number of carbonyl (C=O) groups is 2. The summed E-state index contributed by atoms with van der Waals surface area (Å²) in [6, 6.07) is 4.03. The lowest BCUT2D eigenvalue weighted by atomic mass is 10.2. The van der Waals surface area contributed by atoms with Crippen molar-refractivity contribution in [2.24, 2.45) is 5.92 Å². The fourth-order valence-electron chi connectivity index (χ4n) is 3.18. The van der Waals surface area contributed by atoms with Crippen molar-refractivity contribution < 1.29 is 32.4 Å². The molecular formula is C17H19F3N4O5. The zero-order valence-electron chi connectivity index (χ0n) is 15.2. The molecule has 1 saturated heterocycles. The van der Waals surface area contributed by atoms with Crippen molar-refractivity contribution in [1.82, 2.24) is 9.80 Å². The van der Waals surface area contributed by atoms with Crippen LogP contribution in [0.4, 0.5) is 18.9 Å². The maximum Gasteiger partial charge on any atom is 0.573 e. The van der Waals surface area contributed by atoms with Gasteiger partial charge in [0.05, 0.1) is 6.54 Å². The minimum absolute atomic E-state index is 0.0593. The van der Waals surface area contributed by atoms with Gasteiger partial charge in [-0.3, -0.25) is 24.6 Å². The Bertz CT molecular complexity index is 778. The van der Waals surface area contributed by atoms with Gasteiger partial charge >= 0.3 is 6.36 Å². The average Bonchev–Trinajstić information content (AvgIpc) is 3.43. The van der Waals surface area contributed by atoms with Crippen LogP contribution in [0.3, 0.4) is 0 Å². The topological polar surface area (TPSA) is 105 Å². The maximum atomic E-state index is 12.2. The Morgan fingerprint density at radius 3 is 2.31 bits per heavy atom. The van der Waals surface area contributed by atoms with Crippen molar-refractivity contribution in [2.45, 2.75) is 18.8 Å². The van der Waals surface area contributed by atoms with Gasteiger partial charge in [0.2, 0.25) is 17.9 Å². The number of hydrogen-bond acceptors (Lipinski definition) is 6. The standard InChI is InChI=1S/C17H19F3N4O5/c18-17(19,20)29-12-3-1-11(2-4-12)21-15(25)10-22-5-7-23(8-6-22)16(26)13-9-14(13)24(27)28/h1-4,13-14H,5-10H2,(H,21,25)/t13-,14-/m0/s1. The third-order valence-corrected chi connectivity index (χ3v) is 4.77. The number of rotatable bonds is 6. The van der Waals surface area contributed by atoms with Crippen LogP contribution in [0.2, 0.25) is 0 Å². The number of nitro groups is 1. The van der Waals surface area contributed by atoms with E-state index in [2.05, 4.69) is 10.1 Å². The van der Waals surface area contributed by atoms with Gasteiger partial charge < -0.3 is 15.0 Å². The van der Waals surface area contributed by atoms with Gasteiger partial charge in [-0.15, -0.1) is 13.2 Å². The summed E-state index contributed by atoms with van der Waals surface area (Å²) in [6.45, 7) is 1.73. The molecule has 2 fully saturated rings. The van der Waals surface area contributed by atoms with Gasteiger partial charge in [0.1, 0.15) is 11.7 Å². The summed E-state index contributed by atoms with van der Waals surface area (Å²) >= 11 is 0. The Hall–Kier alpha value is -2.89. The van der Waals surface area contributed by atoms with E-state index in [4.69, 9.17) is 0 Å². The van der Waals surface area contributed by atoms with Crippen molar-refractivity contribution >= 4 is 17.5 Å². The molecule has 1 aliphatic carbocycles. The number of hydrogen-bond donors (Lipinski definition) is 1. The van der Waals surface area contributed by atoms with E-state index < -0.39 is 23.2 Å². The van der Waals surface area contributed by atoms with E-state index in [0.29, 0.717) is 31.9 Å². The van der Waals surface area contributed by atoms with Crippen LogP contribution in [0.25, 0.3) is 0 Å². The molecule has 2 atom stereocenters. The van der Waals surface area contributed by atoms with Gasteiger partial charge in [0.15, 0.2) is 0 Å². The molecule has 2 aliphatic rings. The van der Waals surface area contributed by atoms with Crippen LogP contribution < -0.4 is 10.1 Å².